The van der Waals surface area contributed by atoms with Gasteiger partial charge in [0.25, 0.3) is 5.56 Å². The number of rotatable bonds is 2. The first kappa shape index (κ1) is 13.4. The number of hydrogen-bond acceptors (Lipinski definition) is 2. The van der Waals surface area contributed by atoms with Crippen molar-refractivity contribution in [2.75, 3.05) is 5.73 Å². The van der Waals surface area contributed by atoms with Crippen molar-refractivity contribution in [2.45, 2.75) is 32.7 Å². The molecule has 2 N–H and O–H groups in total. The normalized spacial score (nSPS) is 11.5. The zero-order valence-corrected chi connectivity index (χ0v) is 11.7. The molecule has 2 aromatic rings. The highest BCUT2D eigenvalue weighted by molar-refractivity contribution is 5.34. The zero-order valence-electron chi connectivity index (χ0n) is 11.7. The fourth-order valence-electron chi connectivity index (χ4n) is 1.98. The van der Waals surface area contributed by atoms with Crippen molar-refractivity contribution in [3.63, 3.8) is 0 Å². The van der Waals surface area contributed by atoms with Gasteiger partial charge in [-0.05, 0) is 22.6 Å². The molecule has 0 unspecified atom stereocenters. The van der Waals surface area contributed by atoms with Crippen LogP contribution in [0.3, 0.4) is 0 Å². The SMILES string of the molecule is CC(C)(C)c1ccc(Cn2cc(N)ccc2=O)cc1. The molecule has 0 fully saturated rings. The van der Waals surface area contributed by atoms with E-state index in [0.717, 1.165) is 5.56 Å². The Balaban J connectivity index is 2.25. The van der Waals surface area contributed by atoms with Gasteiger partial charge >= 0.3 is 0 Å². The molecule has 0 aliphatic rings. The summed E-state index contributed by atoms with van der Waals surface area (Å²) in [6.45, 7) is 7.10. The first-order chi connectivity index (χ1) is 8.86. The van der Waals surface area contributed by atoms with E-state index in [2.05, 4.69) is 45.0 Å². The van der Waals surface area contributed by atoms with Crippen LogP contribution in [-0.2, 0) is 12.0 Å². The molecule has 100 valence electrons. The van der Waals surface area contributed by atoms with Crippen LogP contribution in [0.1, 0.15) is 31.9 Å². The molecule has 1 aromatic carbocycles. The van der Waals surface area contributed by atoms with E-state index in [9.17, 15) is 4.79 Å². The number of aromatic nitrogens is 1. The number of anilines is 1. The van der Waals surface area contributed by atoms with Crippen molar-refractivity contribution in [3.8, 4) is 0 Å². The van der Waals surface area contributed by atoms with Crippen molar-refractivity contribution >= 4 is 5.69 Å². The predicted molar refractivity (Wildman–Crippen MR) is 79.4 cm³/mol. The lowest BCUT2D eigenvalue weighted by atomic mass is 9.87. The van der Waals surface area contributed by atoms with Gasteiger partial charge in [-0.15, -0.1) is 0 Å². The molecule has 19 heavy (non-hydrogen) atoms. The highest BCUT2D eigenvalue weighted by atomic mass is 16.1. The molecule has 0 atom stereocenters. The third kappa shape index (κ3) is 3.25. The maximum absolute atomic E-state index is 11.7. The first-order valence-electron chi connectivity index (χ1n) is 6.42. The Bertz CT molecular complexity index is 618. The van der Waals surface area contributed by atoms with Crippen molar-refractivity contribution < 1.29 is 0 Å². The molecule has 1 aromatic heterocycles. The summed E-state index contributed by atoms with van der Waals surface area (Å²) in [4.78, 5) is 11.7. The zero-order chi connectivity index (χ0) is 14.0. The molecule has 0 aliphatic heterocycles. The predicted octanol–water partition coefficient (Wildman–Crippen LogP) is 2.78. The van der Waals surface area contributed by atoms with E-state index in [4.69, 9.17) is 5.73 Å². The van der Waals surface area contributed by atoms with Gasteiger partial charge in [-0.3, -0.25) is 4.79 Å². The minimum atomic E-state index is -0.0332. The fraction of sp³-hybridized carbons (Fsp3) is 0.312. The summed E-state index contributed by atoms with van der Waals surface area (Å²) in [6.07, 6.45) is 1.68. The summed E-state index contributed by atoms with van der Waals surface area (Å²) in [6, 6.07) is 11.5. The Morgan fingerprint density at radius 3 is 2.26 bits per heavy atom. The Labute approximate surface area is 113 Å². The molecule has 2 rings (SSSR count). The molecule has 3 nitrogen and oxygen atoms in total. The second kappa shape index (κ2) is 4.92. The molecule has 0 amide bonds. The van der Waals surface area contributed by atoms with Gasteiger partial charge in [0.05, 0.1) is 6.54 Å². The van der Waals surface area contributed by atoms with Crippen LogP contribution in [-0.4, -0.2) is 4.57 Å². The van der Waals surface area contributed by atoms with Crippen LogP contribution in [0.15, 0.2) is 47.4 Å². The Morgan fingerprint density at radius 2 is 1.68 bits per heavy atom. The maximum atomic E-state index is 11.7. The molecule has 1 heterocycles. The van der Waals surface area contributed by atoms with E-state index in [1.54, 1.807) is 16.8 Å². The van der Waals surface area contributed by atoms with E-state index < -0.39 is 0 Å². The van der Waals surface area contributed by atoms with Crippen molar-refractivity contribution in [3.05, 3.63) is 64.1 Å². The standard InChI is InChI=1S/C16H20N2O/c1-16(2,3)13-6-4-12(5-7-13)10-18-11-14(17)8-9-15(18)19/h4-9,11H,10,17H2,1-3H3. The molecule has 0 spiro atoms. The minimum Gasteiger partial charge on any atom is -0.398 e. The average molecular weight is 256 g/mol. The largest absolute Gasteiger partial charge is 0.398 e. The van der Waals surface area contributed by atoms with Crippen LogP contribution in [0, 0.1) is 0 Å². The summed E-state index contributed by atoms with van der Waals surface area (Å²) in [5.74, 6) is 0. The highest BCUT2D eigenvalue weighted by Gasteiger charge is 2.12. The van der Waals surface area contributed by atoms with Crippen molar-refractivity contribution in [1.29, 1.82) is 0 Å². The topological polar surface area (TPSA) is 48.0 Å². The Kier molecular flexibility index (Phi) is 3.47. The van der Waals surface area contributed by atoms with Gasteiger partial charge < -0.3 is 10.3 Å². The van der Waals surface area contributed by atoms with Crippen LogP contribution < -0.4 is 11.3 Å². The summed E-state index contributed by atoms with van der Waals surface area (Å²) in [5, 5.41) is 0. The van der Waals surface area contributed by atoms with Crippen molar-refractivity contribution in [1.82, 2.24) is 4.57 Å². The van der Waals surface area contributed by atoms with Crippen LogP contribution >= 0.6 is 0 Å². The molecule has 0 bridgehead atoms. The lowest BCUT2D eigenvalue weighted by Gasteiger charge is -2.19. The van der Waals surface area contributed by atoms with Gasteiger partial charge in [0, 0.05) is 18.0 Å². The van der Waals surface area contributed by atoms with Gasteiger partial charge in [-0.25, -0.2) is 0 Å². The second-order valence-corrected chi connectivity index (χ2v) is 5.88. The minimum absolute atomic E-state index is 0.0332. The number of nitrogen functional groups attached to an aromatic ring is 1. The number of nitrogens with zero attached hydrogens (tertiary/aromatic N) is 1. The number of pyridine rings is 1. The van der Waals surface area contributed by atoms with E-state index in [-0.39, 0.29) is 11.0 Å². The van der Waals surface area contributed by atoms with Crippen LogP contribution in [0.4, 0.5) is 5.69 Å². The first-order valence-corrected chi connectivity index (χ1v) is 6.42. The lowest BCUT2D eigenvalue weighted by Crippen LogP contribution is -2.19. The van der Waals surface area contributed by atoms with E-state index in [0.29, 0.717) is 12.2 Å². The number of hydrogen-bond donors (Lipinski definition) is 1. The van der Waals surface area contributed by atoms with Gasteiger partial charge in [0.15, 0.2) is 0 Å². The summed E-state index contributed by atoms with van der Waals surface area (Å²) < 4.78 is 1.63. The summed E-state index contributed by atoms with van der Waals surface area (Å²) in [5.41, 5.74) is 8.80. The van der Waals surface area contributed by atoms with Crippen LogP contribution in [0.5, 0.6) is 0 Å². The van der Waals surface area contributed by atoms with Gasteiger partial charge in [0.2, 0.25) is 0 Å². The van der Waals surface area contributed by atoms with Gasteiger partial charge in [0.1, 0.15) is 0 Å². The van der Waals surface area contributed by atoms with Crippen molar-refractivity contribution in [2.24, 2.45) is 0 Å². The molecular weight excluding hydrogens is 236 g/mol. The van der Waals surface area contributed by atoms with E-state index in [1.807, 2.05) is 0 Å². The lowest BCUT2D eigenvalue weighted by molar-refractivity contribution is 0.589. The Morgan fingerprint density at radius 1 is 1.05 bits per heavy atom. The Hall–Kier alpha value is -2.03. The maximum Gasteiger partial charge on any atom is 0.250 e. The molecule has 3 heteroatoms. The second-order valence-electron chi connectivity index (χ2n) is 5.88. The third-order valence-corrected chi connectivity index (χ3v) is 3.18. The molecular formula is C16H20N2O. The van der Waals surface area contributed by atoms with Crippen LogP contribution in [0.25, 0.3) is 0 Å². The number of nitrogens with two attached hydrogens (primary N) is 1. The molecule has 0 aliphatic carbocycles. The van der Waals surface area contributed by atoms with Gasteiger partial charge in [-0.1, -0.05) is 45.0 Å². The van der Waals surface area contributed by atoms with E-state index in [1.165, 1.54) is 11.6 Å². The van der Waals surface area contributed by atoms with Crippen LogP contribution in [0.2, 0.25) is 0 Å². The third-order valence-electron chi connectivity index (χ3n) is 3.18. The van der Waals surface area contributed by atoms with Gasteiger partial charge in [-0.2, -0.15) is 0 Å². The molecule has 0 saturated carbocycles. The molecule has 0 saturated heterocycles. The quantitative estimate of drug-likeness (QED) is 0.898. The summed E-state index contributed by atoms with van der Waals surface area (Å²) in [7, 11) is 0. The number of benzene rings is 1. The fourth-order valence-corrected chi connectivity index (χ4v) is 1.98. The smallest absolute Gasteiger partial charge is 0.250 e. The molecule has 0 radical (unpaired) electrons. The average Bonchev–Trinajstić information content (AvgIpc) is 2.33. The monoisotopic (exact) mass is 256 g/mol. The summed E-state index contributed by atoms with van der Waals surface area (Å²) >= 11 is 0. The van der Waals surface area contributed by atoms with E-state index >= 15 is 0 Å². The highest BCUT2D eigenvalue weighted by Crippen LogP contribution is 2.22.